The second kappa shape index (κ2) is 33.9. The largest absolute Gasteiger partial charge is 0.481 e. The normalized spacial score (nSPS) is 17.9. The van der Waals surface area contributed by atoms with E-state index >= 15 is 0 Å². The van der Waals surface area contributed by atoms with Crippen molar-refractivity contribution < 1.29 is 64.9 Å². The molecule has 3 saturated heterocycles. The Bertz CT molecular complexity index is 4050. The second-order valence-electron chi connectivity index (χ2n) is 29.2. The fraction of sp³-hybridized carbons (Fsp3) is 0.543. The highest BCUT2D eigenvalue weighted by Crippen LogP contribution is 2.40. The van der Waals surface area contributed by atoms with E-state index in [0.717, 1.165) is 0 Å². The minimum Gasteiger partial charge on any atom is -0.481 e. The predicted molar refractivity (Wildman–Crippen MR) is 373 cm³/mol. The van der Waals surface area contributed by atoms with Crippen LogP contribution < -0.4 is 36.8 Å². The van der Waals surface area contributed by atoms with Crippen molar-refractivity contribution in [3.63, 3.8) is 0 Å². The summed E-state index contributed by atoms with van der Waals surface area (Å²) in [6.45, 7) is 20.1. The van der Waals surface area contributed by atoms with Crippen molar-refractivity contribution in [2.75, 3.05) is 54.0 Å². The van der Waals surface area contributed by atoms with Gasteiger partial charge in [-0.1, -0.05) is 7.43 Å². The lowest BCUT2D eigenvalue weighted by atomic mass is 9.87. The molecule has 9 rings (SSSR count). The molecule has 3 aliphatic rings. The summed E-state index contributed by atoms with van der Waals surface area (Å²) in [5, 5.41) is 41.5. The van der Waals surface area contributed by atoms with E-state index in [1.807, 2.05) is 18.2 Å². The fourth-order valence-electron chi connectivity index (χ4n) is 12.0. The molecule has 101 heavy (non-hydrogen) atoms. The third kappa shape index (κ3) is 26.0. The number of hydrogen-bond donors (Lipinski definition) is 5. The van der Waals surface area contributed by atoms with Gasteiger partial charge in [0, 0.05) is 124 Å². The molecule has 6 heterocycles. The number of nitrogens with zero attached hydrogens (tertiary/aromatic N) is 12. The molecule has 3 aromatic heterocycles. The van der Waals surface area contributed by atoms with Crippen molar-refractivity contribution in [2.45, 2.75) is 194 Å². The van der Waals surface area contributed by atoms with Gasteiger partial charge in [-0.05, 0) is 131 Å². The number of benzene rings is 3. The van der Waals surface area contributed by atoms with Crippen LogP contribution in [-0.2, 0) is 23.9 Å². The molecule has 6 aromatic rings. The Morgan fingerprint density at radius 2 is 0.812 bits per heavy atom. The maximum Gasteiger partial charge on any atom is 0.408 e. The maximum atomic E-state index is 14.7. The molecule has 3 unspecified atom stereocenters. The van der Waals surface area contributed by atoms with E-state index in [1.54, 1.807) is 124 Å². The van der Waals surface area contributed by atoms with Gasteiger partial charge in [-0.25, -0.2) is 35.9 Å². The molecule has 7 N–H and O–H groups in total. The molecular formula is C70H91ClF6N16O8. The van der Waals surface area contributed by atoms with E-state index in [-0.39, 0.29) is 82.9 Å². The van der Waals surface area contributed by atoms with Crippen LogP contribution in [0.4, 0.5) is 53.0 Å². The number of nitrogens with two attached hydrogens (primary N) is 2. The number of rotatable bonds is 15. The number of piperidine rings is 3. The lowest BCUT2D eigenvalue weighted by molar-refractivity contribution is -0.138. The van der Waals surface area contributed by atoms with Crippen LogP contribution in [0.25, 0.3) is 33.1 Å². The average Bonchev–Trinajstić information content (AvgIpc) is 0.787. The minimum absolute atomic E-state index is 0. The first kappa shape index (κ1) is 84.1. The van der Waals surface area contributed by atoms with Crippen molar-refractivity contribution in [1.29, 1.82) is 15.8 Å². The number of alkyl halides is 6. The number of carbonyl (C=O) groups excluding carboxylic acids is 4. The van der Waals surface area contributed by atoms with E-state index in [4.69, 9.17) is 31.3 Å². The quantitative estimate of drug-likeness (QED) is 0.0596. The molecule has 0 saturated carbocycles. The summed E-state index contributed by atoms with van der Waals surface area (Å²) in [5.74, 6) is -11.1. The molecule has 0 radical (unpaired) electrons. The standard InChI is InChI=1S/C25H31F2N5O3.C20H23F2N5O.C14H13F2N5.C10H19NO4.CH4.ClH/c1-23(2,3)35-22(34)31-24(4,5)12-18(33)10-16-11-25(26,27)15-32(14-16)19-7-6-17(13-28)20-21(19)30-9-8-29-20;1-19(2,24)9-15(28)7-13-8-20(21,22)12-27(11-13)16-4-3-14(10-23)17-18(16)26-6-5-25-17;15-14(16)5-10(18)7-21(8-14)11-2-1-9(6-17)12-13(11)20-4-3-19-12;1-9(2,3)15-8(14)11-10(4,5)6-7(12)13;;/h6-9,16H,10-12,14-15H2,1-5H3,(H,31,34);3-6,13H,7-9,11-12,24H2,1-2H3;1-4,10H,5,7-8,18H2;6H2,1-5H3,(H,11,14)(H,12,13);1H4;1H. The SMILES string of the molecule is C.CC(C)(CC(=O)CC1CN(c2ccc(C#N)c3nccnc23)CC(F)(F)C1)NC(=O)OC(C)(C)C.CC(C)(CC(=O)O)NC(=O)OC(C)(C)C.CC(C)(N)CC(=O)CC1CN(c2ccc(C#N)c3nccnc23)CC(F)(F)C1.Cl.N#Cc1ccc(N2CC(N)CC(F)(F)C2)c2nccnc12. The highest BCUT2D eigenvalue weighted by molar-refractivity contribution is 5.94. The Hall–Kier alpha value is -9.31. The predicted octanol–water partition coefficient (Wildman–Crippen LogP) is 12.2. The summed E-state index contributed by atoms with van der Waals surface area (Å²) in [4.78, 5) is 88.9. The number of anilines is 3. The highest BCUT2D eigenvalue weighted by atomic mass is 35.5. The van der Waals surface area contributed by atoms with Crippen LogP contribution in [0.15, 0.2) is 73.6 Å². The zero-order chi connectivity index (χ0) is 73.9. The van der Waals surface area contributed by atoms with Gasteiger partial charge in [0.15, 0.2) is 0 Å². The van der Waals surface area contributed by atoms with Gasteiger partial charge in [0.05, 0.1) is 59.8 Å². The number of carbonyl (C=O) groups is 5. The summed E-state index contributed by atoms with van der Waals surface area (Å²) in [6.07, 6.45) is 6.50. The molecule has 3 aliphatic heterocycles. The van der Waals surface area contributed by atoms with Gasteiger partial charge in [0.1, 0.15) is 74.1 Å². The van der Waals surface area contributed by atoms with E-state index in [1.165, 1.54) is 47.0 Å². The van der Waals surface area contributed by atoms with Crippen LogP contribution in [0.5, 0.6) is 0 Å². The van der Waals surface area contributed by atoms with Crippen molar-refractivity contribution in [1.82, 2.24) is 40.5 Å². The van der Waals surface area contributed by atoms with Crippen LogP contribution in [0.3, 0.4) is 0 Å². The maximum absolute atomic E-state index is 14.7. The first-order valence-electron chi connectivity index (χ1n) is 31.9. The smallest absolute Gasteiger partial charge is 0.408 e. The number of alkyl carbamates (subject to hydrolysis) is 2. The van der Waals surface area contributed by atoms with Gasteiger partial charge in [-0.15, -0.1) is 12.4 Å². The number of fused-ring (bicyclic) bond motifs is 3. The van der Waals surface area contributed by atoms with Gasteiger partial charge in [-0.3, -0.25) is 44.3 Å². The lowest BCUT2D eigenvalue weighted by Crippen LogP contribution is -2.52. The van der Waals surface area contributed by atoms with Crippen molar-refractivity contribution in [3.8, 4) is 18.2 Å². The Labute approximate surface area is 590 Å². The Kier molecular flexibility index (Phi) is 28.2. The third-order valence-corrected chi connectivity index (χ3v) is 15.2. The number of ether oxygens (including phenoxy) is 2. The Morgan fingerprint density at radius 3 is 1.11 bits per heavy atom. The number of nitriles is 3. The summed E-state index contributed by atoms with van der Waals surface area (Å²) in [6, 6.07) is 15.1. The van der Waals surface area contributed by atoms with Crippen molar-refractivity contribution >= 4 is 92.3 Å². The number of ketones is 2. The molecule has 31 heteroatoms. The van der Waals surface area contributed by atoms with E-state index < -0.39 is 108 Å². The monoisotopic (exact) mass is 1430 g/mol. The second-order valence-corrected chi connectivity index (χ2v) is 29.2. The van der Waals surface area contributed by atoms with Crippen LogP contribution in [0.1, 0.15) is 159 Å². The first-order valence-corrected chi connectivity index (χ1v) is 31.9. The van der Waals surface area contributed by atoms with Gasteiger partial charge < -0.3 is 51.4 Å². The van der Waals surface area contributed by atoms with Gasteiger partial charge in [-0.2, -0.15) is 15.8 Å². The number of halogens is 7. The van der Waals surface area contributed by atoms with E-state index in [9.17, 15) is 60.8 Å². The Morgan fingerprint density at radius 1 is 0.515 bits per heavy atom. The first-order chi connectivity index (χ1) is 45.8. The number of aromatic nitrogens is 6. The van der Waals surface area contributed by atoms with Crippen LogP contribution in [0.2, 0.25) is 0 Å². The molecule has 24 nitrogen and oxygen atoms in total. The number of nitrogens with one attached hydrogen (secondary N) is 2. The van der Waals surface area contributed by atoms with E-state index in [2.05, 4.69) is 40.5 Å². The van der Waals surface area contributed by atoms with Crippen LogP contribution in [0, 0.1) is 45.8 Å². The molecule has 548 valence electrons. The van der Waals surface area contributed by atoms with Crippen molar-refractivity contribution in [3.05, 3.63) is 90.3 Å². The van der Waals surface area contributed by atoms with Crippen LogP contribution in [-0.4, -0.2) is 156 Å². The molecular weight excluding hydrogens is 1340 g/mol. The summed E-state index contributed by atoms with van der Waals surface area (Å²) in [5.41, 5.74) is 12.9. The number of aliphatic carboxylic acids is 1. The minimum atomic E-state index is -3.00. The molecule has 0 bridgehead atoms. The molecule has 0 spiro atoms. The average molecular weight is 1430 g/mol. The lowest BCUT2D eigenvalue weighted by Gasteiger charge is -2.39. The van der Waals surface area contributed by atoms with E-state index in [0.29, 0.717) is 79.9 Å². The number of carboxylic acids is 1. The Balaban J connectivity index is 0.000000296. The third-order valence-electron chi connectivity index (χ3n) is 15.2. The van der Waals surface area contributed by atoms with Gasteiger partial charge >= 0.3 is 18.2 Å². The number of hydrogen-bond acceptors (Lipinski definition) is 21. The van der Waals surface area contributed by atoms with Gasteiger partial charge in [0.2, 0.25) is 0 Å². The molecule has 3 atom stereocenters. The summed E-state index contributed by atoms with van der Waals surface area (Å²) >= 11 is 0. The zero-order valence-corrected chi connectivity index (χ0v) is 58.9. The summed E-state index contributed by atoms with van der Waals surface area (Å²) < 4.78 is 96.1. The zero-order valence-electron chi connectivity index (χ0n) is 58.1. The van der Waals surface area contributed by atoms with Gasteiger partial charge in [0.25, 0.3) is 17.8 Å². The topological polar surface area (TPSA) is 359 Å². The molecule has 0 aliphatic carbocycles. The summed E-state index contributed by atoms with van der Waals surface area (Å²) in [7, 11) is 0. The molecule has 3 aromatic carbocycles. The van der Waals surface area contributed by atoms with Crippen molar-refractivity contribution in [2.24, 2.45) is 23.3 Å². The fourth-order valence-corrected chi connectivity index (χ4v) is 12.0. The molecule has 3 fully saturated rings. The molecule has 2 amide bonds. The number of carboxylic acid groups (broad SMARTS) is 1. The van der Waals surface area contributed by atoms with Crippen LogP contribution >= 0.6 is 12.4 Å². The highest BCUT2D eigenvalue weighted by Gasteiger charge is 2.44. The number of Topliss-reactive ketones (excluding diaryl/α,β-unsaturated/α-hetero) is 2. The number of amides is 2.